The summed E-state index contributed by atoms with van der Waals surface area (Å²) in [5.41, 5.74) is 2.03. The van der Waals surface area contributed by atoms with E-state index >= 15 is 0 Å². The minimum absolute atomic E-state index is 0.0458. The van der Waals surface area contributed by atoms with Gasteiger partial charge in [-0.05, 0) is 24.6 Å². The first-order valence-electron chi connectivity index (χ1n) is 5.15. The fraction of sp³-hybridized carbons (Fsp3) is 0.333. The molecule has 0 saturated carbocycles. The highest BCUT2D eigenvalue weighted by molar-refractivity contribution is 6.30. The predicted octanol–water partition coefficient (Wildman–Crippen LogP) is 2.01. The molecule has 0 radical (unpaired) electrons. The van der Waals surface area contributed by atoms with E-state index in [4.69, 9.17) is 11.6 Å². The van der Waals surface area contributed by atoms with Crippen LogP contribution in [0.15, 0.2) is 29.3 Å². The maximum atomic E-state index is 11.6. The molecule has 1 aromatic carbocycles. The third-order valence-electron chi connectivity index (χ3n) is 2.83. The van der Waals surface area contributed by atoms with Crippen molar-refractivity contribution in [1.29, 1.82) is 0 Å². The fourth-order valence-electron chi connectivity index (χ4n) is 2.00. The van der Waals surface area contributed by atoms with Gasteiger partial charge in [-0.3, -0.25) is 9.79 Å². The van der Waals surface area contributed by atoms with Crippen LogP contribution in [0.25, 0.3) is 0 Å². The third-order valence-corrected chi connectivity index (χ3v) is 3.07. The highest BCUT2D eigenvalue weighted by Gasteiger charge is 2.37. The number of benzene rings is 1. The van der Waals surface area contributed by atoms with Gasteiger partial charge >= 0.3 is 0 Å². The number of amides is 1. The van der Waals surface area contributed by atoms with Crippen molar-refractivity contribution in [3.8, 4) is 0 Å². The highest BCUT2D eigenvalue weighted by Crippen LogP contribution is 2.33. The molecule has 0 aromatic heterocycles. The van der Waals surface area contributed by atoms with E-state index < -0.39 is 0 Å². The second-order valence-electron chi connectivity index (χ2n) is 3.86. The molecule has 1 aliphatic rings. The number of carbonyl (C=O) groups excluding carboxylic acids is 1. The smallest absolute Gasteiger partial charge is 0.245 e. The number of carbonyl (C=O) groups is 1. The minimum atomic E-state index is -0.302. The van der Waals surface area contributed by atoms with E-state index in [0.717, 1.165) is 11.3 Å². The Labute approximate surface area is 99.5 Å². The molecule has 1 N–H and O–H groups in total. The lowest BCUT2D eigenvalue weighted by molar-refractivity contribution is -0.122. The number of aliphatic imine (C=N–C) groups is 1. The molecule has 0 aliphatic carbocycles. The van der Waals surface area contributed by atoms with Crippen molar-refractivity contribution in [1.82, 2.24) is 5.32 Å². The van der Waals surface area contributed by atoms with Crippen LogP contribution in [0.3, 0.4) is 0 Å². The van der Waals surface area contributed by atoms with Crippen LogP contribution in [-0.2, 0) is 4.79 Å². The van der Waals surface area contributed by atoms with E-state index in [1.807, 2.05) is 31.2 Å². The van der Waals surface area contributed by atoms with E-state index in [9.17, 15) is 4.79 Å². The lowest BCUT2D eigenvalue weighted by Crippen LogP contribution is -2.44. The Bertz CT molecular complexity index is 456. The largest absolute Gasteiger partial charge is 0.357 e. The molecule has 84 valence electrons. The van der Waals surface area contributed by atoms with E-state index in [1.165, 1.54) is 0 Å². The highest BCUT2D eigenvalue weighted by atomic mass is 35.5. The molecule has 2 rings (SSSR count). The van der Waals surface area contributed by atoms with E-state index in [-0.39, 0.29) is 17.9 Å². The van der Waals surface area contributed by atoms with Gasteiger partial charge < -0.3 is 5.32 Å². The Morgan fingerprint density at radius 2 is 2.25 bits per heavy atom. The SMILES string of the molecule is CNC(=O)[C@@H]1N=C(C)[C@H]1c1cccc(Cl)c1. The van der Waals surface area contributed by atoms with Gasteiger partial charge in [-0.25, -0.2) is 0 Å². The first-order valence-corrected chi connectivity index (χ1v) is 5.52. The number of hydrogen-bond donors (Lipinski definition) is 1. The molecule has 1 amide bonds. The molecular formula is C12H13ClN2O. The van der Waals surface area contributed by atoms with Crippen LogP contribution in [-0.4, -0.2) is 24.7 Å². The summed E-state index contributed by atoms with van der Waals surface area (Å²) in [7, 11) is 1.63. The summed E-state index contributed by atoms with van der Waals surface area (Å²) >= 11 is 5.94. The molecule has 0 unspecified atom stereocenters. The zero-order valence-corrected chi connectivity index (χ0v) is 9.95. The van der Waals surface area contributed by atoms with Crippen LogP contribution >= 0.6 is 11.6 Å². The van der Waals surface area contributed by atoms with Crippen molar-refractivity contribution >= 4 is 23.2 Å². The number of nitrogens with zero attached hydrogens (tertiary/aromatic N) is 1. The molecular weight excluding hydrogens is 224 g/mol. The normalized spacial score (nSPS) is 23.3. The summed E-state index contributed by atoms with van der Waals surface area (Å²) < 4.78 is 0. The van der Waals surface area contributed by atoms with Crippen LogP contribution in [0.4, 0.5) is 0 Å². The molecule has 3 nitrogen and oxygen atoms in total. The summed E-state index contributed by atoms with van der Waals surface area (Å²) in [6, 6.07) is 7.28. The average Bonchev–Trinajstić information content (AvgIpc) is 2.24. The molecule has 1 aromatic rings. The van der Waals surface area contributed by atoms with Gasteiger partial charge in [0.15, 0.2) is 0 Å². The molecule has 16 heavy (non-hydrogen) atoms. The number of likely N-dealkylation sites (N-methyl/N-ethyl adjacent to an activating group) is 1. The van der Waals surface area contributed by atoms with Crippen LogP contribution in [0.2, 0.25) is 5.02 Å². The Hall–Kier alpha value is -1.35. The second kappa shape index (κ2) is 4.26. The molecule has 0 fully saturated rings. The van der Waals surface area contributed by atoms with Gasteiger partial charge in [0.1, 0.15) is 6.04 Å². The van der Waals surface area contributed by atoms with Gasteiger partial charge in [0, 0.05) is 17.8 Å². The number of rotatable bonds is 2. The zero-order valence-electron chi connectivity index (χ0n) is 9.20. The number of halogens is 1. The van der Waals surface area contributed by atoms with Crippen LogP contribution in [0.5, 0.6) is 0 Å². The minimum Gasteiger partial charge on any atom is -0.357 e. The second-order valence-corrected chi connectivity index (χ2v) is 4.30. The quantitative estimate of drug-likeness (QED) is 0.839. The molecule has 1 heterocycles. The van der Waals surface area contributed by atoms with Crippen molar-refractivity contribution in [2.45, 2.75) is 18.9 Å². The van der Waals surface area contributed by atoms with Crippen molar-refractivity contribution in [3.05, 3.63) is 34.9 Å². The van der Waals surface area contributed by atoms with Gasteiger partial charge in [-0.1, -0.05) is 23.7 Å². The lowest BCUT2D eigenvalue weighted by Gasteiger charge is -2.32. The van der Waals surface area contributed by atoms with E-state index in [1.54, 1.807) is 7.05 Å². The summed E-state index contributed by atoms with van der Waals surface area (Å²) in [4.78, 5) is 15.8. The monoisotopic (exact) mass is 236 g/mol. The topological polar surface area (TPSA) is 41.5 Å². The molecule has 2 atom stereocenters. The Morgan fingerprint density at radius 3 is 2.81 bits per heavy atom. The molecule has 0 saturated heterocycles. The standard InChI is InChI=1S/C12H13ClN2O/c1-7-10(11(15-7)12(16)14-2)8-4-3-5-9(13)6-8/h3-6,10-11H,1-2H3,(H,14,16)/t10-,11+/m0/s1. The zero-order chi connectivity index (χ0) is 11.7. The summed E-state index contributed by atoms with van der Waals surface area (Å²) in [5, 5.41) is 3.31. The number of nitrogens with one attached hydrogen (secondary N) is 1. The van der Waals surface area contributed by atoms with Crippen LogP contribution in [0, 0.1) is 0 Å². The van der Waals surface area contributed by atoms with Crippen molar-refractivity contribution in [2.24, 2.45) is 4.99 Å². The molecule has 4 heteroatoms. The van der Waals surface area contributed by atoms with Crippen molar-refractivity contribution in [2.75, 3.05) is 7.05 Å². The van der Waals surface area contributed by atoms with Gasteiger partial charge in [0.05, 0.1) is 5.92 Å². The maximum absolute atomic E-state index is 11.6. The third kappa shape index (κ3) is 1.83. The molecule has 0 spiro atoms. The van der Waals surface area contributed by atoms with Gasteiger partial charge in [0.25, 0.3) is 0 Å². The Morgan fingerprint density at radius 1 is 1.50 bits per heavy atom. The summed E-state index contributed by atoms with van der Waals surface area (Å²) in [6.45, 7) is 1.94. The summed E-state index contributed by atoms with van der Waals surface area (Å²) in [6.07, 6.45) is 0. The summed E-state index contributed by atoms with van der Waals surface area (Å²) in [5.74, 6) is 0.0224. The van der Waals surface area contributed by atoms with Crippen molar-refractivity contribution < 1.29 is 4.79 Å². The van der Waals surface area contributed by atoms with Crippen LogP contribution in [0.1, 0.15) is 18.4 Å². The number of hydrogen-bond acceptors (Lipinski definition) is 2. The van der Waals surface area contributed by atoms with Gasteiger partial charge in [-0.15, -0.1) is 0 Å². The molecule has 1 aliphatic heterocycles. The maximum Gasteiger partial charge on any atom is 0.245 e. The Kier molecular flexibility index (Phi) is 2.97. The average molecular weight is 237 g/mol. The van der Waals surface area contributed by atoms with Crippen molar-refractivity contribution in [3.63, 3.8) is 0 Å². The van der Waals surface area contributed by atoms with E-state index in [2.05, 4.69) is 10.3 Å². The van der Waals surface area contributed by atoms with Gasteiger partial charge in [-0.2, -0.15) is 0 Å². The molecule has 0 bridgehead atoms. The lowest BCUT2D eigenvalue weighted by atomic mass is 9.82. The first-order chi connectivity index (χ1) is 7.63. The van der Waals surface area contributed by atoms with Crippen LogP contribution < -0.4 is 5.32 Å². The Balaban J connectivity index is 2.28. The van der Waals surface area contributed by atoms with Gasteiger partial charge in [0.2, 0.25) is 5.91 Å². The fourth-order valence-corrected chi connectivity index (χ4v) is 2.20. The first kappa shape index (κ1) is 11.1. The van der Waals surface area contributed by atoms with E-state index in [0.29, 0.717) is 5.02 Å². The predicted molar refractivity (Wildman–Crippen MR) is 65.2 cm³/mol.